The molecule has 11 heteroatoms. The number of rotatable bonds is 8. The number of amides is 1. The maximum absolute atomic E-state index is 14.7. The van der Waals surface area contributed by atoms with Crippen molar-refractivity contribution in [2.75, 3.05) is 63.8 Å². The molecule has 0 spiro atoms. The first-order valence-electron chi connectivity index (χ1n) is 10.8. The highest BCUT2D eigenvalue weighted by Gasteiger charge is 2.23. The van der Waals surface area contributed by atoms with Crippen LogP contribution in [0.4, 0.5) is 21.5 Å². The van der Waals surface area contributed by atoms with Crippen LogP contribution in [0.1, 0.15) is 10.5 Å². The summed E-state index contributed by atoms with van der Waals surface area (Å²) in [6.45, 7) is 4.12. The van der Waals surface area contributed by atoms with E-state index in [9.17, 15) is 9.18 Å². The summed E-state index contributed by atoms with van der Waals surface area (Å²) < 4.78 is 25.8. The lowest BCUT2D eigenvalue weighted by Gasteiger charge is -2.35. The SMILES string of the molecule is COCCOc1cc2nnc(C(N)=O)c(Nc3cccc(Cl)c3F)c2cc1N1CCN(C)CC1. The van der Waals surface area contributed by atoms with Crippen LogP contribution in [0.2, 0.25) is 5.02 Å². The van der Waals surface area contributed by atoms with Crippen LogP contribution in [-0.4, -0.2) is 74.6 Å². The van der Waals surface area contributed by atoms with Gasteiger partial charge in [0, 0.05) is 44.7 Å². The number of benzene rings is 2. The number of hydrogen-bond donors (Lipinski definition) is 2. The second-order valence-electron chi connectivity index (χ2n) is 7.98. The number of methoxy groups -OCH3 is 1. The van der Waals surface area contributed by atoms with Gasteiger partial charge in [0.25, 0.3) is 5.91 Å². The van der Waals surface area contributed by atoms with Crippen LogP contribution < -0.4 is 20.7 Å². The first kappa shape index (κ1) is 23.9. The molecule has 9 nitrogen and oxygen atoms in total. The Labute approximate surface area is 201 Å². The zero-order chi connectivity index (χ0) is 24.2. The van der Waals surface area contributed by atoms with E-state index in [2.05, 4.69) is 32.4 Å². The van der Waals surface area contributed by atoms with Crippen LogP contribution in [0, 0.1) is 5.82 Å². The number of carbonyl (C=O) groups excluding carboxylic acids is 1. The topological polar surface area (TPSA) is 106 Å². The van der Waals surface area contributed by atoms with Crippen LogP contribution in [0.3, 0.4) is 0 Å². The monoisotopic (exact) mass is 488 g/mol. The smallest absolute Gasteiger partial charge is 0.271 e. The fourth-order valence-electron chi connectivity index (χ4n) is 3.80. The summed E-state index contributed by atoms with van der Waals surface area (Å²) in [6.07, 6.45) is 0. The maximum Gasteiger partial charge on any atom is 0.271 e. The normalized spacial score (nSPS) is 14.4. The van der Waals surface area contributed by atoms with Gasteiger partial charge >= 0.3 is 0 Å². The number of nitrogens with two attached hydrogens (primary N) is 1. The molecule has 1 saturated heterocycles. The Morgan fingerprint density at radius 1 is 1.21 bits per heavy atom. The molecular formula is C23H26ClFN6O3. The summed E-state index contributed by atoms with van der Waals surface area (Å²) in [6, 6.07) is 8.19. The molecule has 1 aliphatic heterocycles. The van der Waals surface area contributed by atoms with E-state index in [-0.39, 0.29) is 22.1 Å². The lowest BCUT2D eigenvalue weighted by Crippen LogP contribution is -2.44. The van der Waals surface area contributed by atoms with E-state index in [1.807, 2.05) is 6.07 Å². The van der Waals surface area contributed by atoms with Gasteiger partial charge in [0.2, 0.25) is 0 Å². The summed E-state index contributed by atoms with van der Waals surface area (Å²) in [4.78, 5) is 16.6. The largest absolute Gasteiger partial charge is 0.489 e. The second-order valence-corrected chi connectivity index (χ2v) is 8.39. The zero-order valence-electron chi connectivity index (χ0n) is 19.0. The number of anilines is 3. The highest BCUT2D eigenvalue weighted by molar-refractivity contribution is 6.31. The van der Waals surface area contributed by atoms with Crippen molar-refractivity contribution in [1.29, 1.82) is 0 Å². The number of primary amides is 1. The Hall–Kier alpha value is -3.21. The Balaban J connectivity index is 1.86. The molecule has 0 bridgehead atoms. The fourth-order valence-corrected chi connectivity index (χ4v) is 3.98. The number of hydrogen-bond acceptors (Lipinski definition) is 8. The standard InChI is InChI=1S/C23H26ClFN6O3/c1-30-6-8-31(9-7-30)18-12-14-17(13-19(18)34-11-10-33-2)28-29-22(23(26)32)21(14)27-16-5-3-4-15(24)20(16)25/h3-5,12-13H,6-11H2,1-2H3,(H2,26,32)(H,27,28). The number of carbonyl (C=O) groups is 1. The summed E-state index contributed by atoms with van der Waals surface area (Å²) >= 11 is 5.95. The van der Waals surface area contributed by atoms with Gasteiger partial charge in [-0.25, -0.2) is 4.39 Å². The summed E-state index contributed by atoms with van der Waals surface area (Å²) in [5.41, 5.74) is 7.09. The van der Waals surface area contributed by atoms with E-state index in [1.165, 1.54) is 12.1 Å². The molecule has 3 N–H and O–H groups in total. The number of nitrogens with one attached hydrogen (secondary N) is 1. The number of likely N-dealkylation sites (N-methyl/N-ethyl adjacent to an activating group) is 1. The Morgan fingerprint density at radius 3 is 2.68 bits per heavy atom. The number of aromatic nitrogens is 2. The Bertz CT molecular complexity index is 1200. The van der Waals surface area contributed by atoms with Crippen molar-refractivity contribution in [1.82, 2.24) is 15.1 Å². The average molecular weight is 489 g/mol. The second kappa shape index (κ2) is 10.4. The van der Waals surface area contributed by atoms with Crippen molar-refractivity contribution in [3.05, 3.63) is 46.9 Å². The summed E-state index contributed by atoms with van der Waals surface area (Å²) in [5, 5.41) is 11.6. The quantitative estimate of drug-likeness (QED) is 0.466. The highest BCUT2D eigenvalue weighted by atomic mass is 35.5. The molecule has 0 unspecified atom stereocenters. The molecule has 3 aromatic rings. The molecule has 1 fully saturated rings. The third-order valence-electron chi connectivity index (χ3n) is 5.67. The average Bonchev–Trinajstić information content (AvgIpc) is 2.82. The molecule has 1 amide bonds. The number of nitrogens with zero attached hydrogens (tertiary/aromatic N) is 4. The molecule has 180 valence electrons. The number of halogens is 2. The molecule has 0 atom stereocenters. The Morgan fingerprint density at radius 2 is 1.97 bits per heavy atom. The number of ether oxygens (including phenoxy) is 2. The Kier molecular flexibility index (Phi) is 7.30. The minimum atomic E-state index is -0.791. The van der Waals surface area contributed by atoms with Crippen molar-refractivity contribution >= 4 is 45.5 Å². The molecule has 0 saturated carbocycles. The van der Waals surface area contributed by atoms with Crippen LogP contribution in [0.25, 0.3) is 10.9 Å². The molecule has 1 aliphatic rings. The van der Waals surface area contributed by atoms with Gasteiger partial charge in [0.1, 0.15) is 12.4 Å². The van der Waals surface area contributed by atoms with Gasteiger partial charge in [0.05, 0.1) is 34.2 Å². The van der Waals surface area contributed by atoms with Crippen molar-refractivity contribution in [3.63, 3.8) is 0 Å². The van der Waals surface area contributed by atoms with Gasteiger partial charge in [-0.2, -0.15) is 0 Å². The molecular weight excluding hydrogens is 463 g/mol. The lowest BCUT2D eigenvalue weighted by atomic mass is 10.1. The van der Waals surface area contributed by atoms with E-state index >= 15 is 0 Å². The van der Waals surface area contributed by atoms with E-state index in [4.69, 9.17) is 26.8 Å². The van der Waals surface area contributed by atoms with Crippen molar-refractivity contribution in [2.45, 2.75) is 0 Å². The van der Waals surface area contributed by atoms with Crippen LogP contribution in [-0.2, 0) is 4.74 Å². The molecule has 2 aromatic carbocycles. The van der Waals surface area contributed by atoms with Gasteiger partial charge in [-0.05, 0) is 25.2 Å². The molecule has 4 rings (SSSR count). The van der Waals surface area contributed by atoms with Crippen molar-refractivity contribution in [2.24, 2.45) is 5.73 Å². The van der Waals surface area contributed by atoms with E-state index in [0.717, 1.165) is 31.9 Å². The number of piperazine rings is 1. The van der Waals surface area contributed by atoms with Crippen LogP contribution in [0.5, 0.6) is 5.75 Å². The van der Waals surface area contributed by atoms with Gasteiger partial charge in [0.15, 0.2) is 11.5 Å². The van der Waals surface area contributed by atoms with Gasteiger partial charge < -0.3 is 30.3 Å². The molecule has 1 aromatic heterocycles. The van der Waals surface area contributed by atoms with Gasteiger partial charge in [-0.1, -0.05) is 17.7 Å². The summed E-state index contributed by atoms with van der Waals surface area (Å²) in [7, 11) is 3.68. The maximum atomic E-state index is 14.7. The van der Waals surface area contributed by atoms with E-state index in [0.29, 0.717) is 29.9 Å². The highest BCUT2D eigenvalue weighted by Crippen LogP contribution is 2.38. The minimum Gasteiger partial charge on any atom is -0.489 e. The van der Waals surface area contributed by atoms with Crippen molar-refractivity contribution in [3.8, 4) is 5.75 Å². The third-order valence-corrected chi connectivity index (χ3v) is 5.97. The minimum absolute atomic E-state index is 0.0519. The molecule has 0 aliphatic carbocycles. The predicted octanol–water partition coefficient (Wildman–Crippen LogP) is 3.04. The number of fused-ring (bicyclic) bond motifs is 1. The molecule has 0 radical (unpaired) electrons. The van der Waals surface area contributed by atoms with E-state index in [1.54, 1.807) is 19.2 Å². The zero-order valence-corrected chi connectivity index (χ0v) is 19.7. The first-order chi connectivity index (χ1) is 16.4. The predicted molar refractivity (Wildman–Crippen MR) is 130 cm³/mol. The molecule has 34 heavy (non-hydrogen) atoms. The fraction of sp³-hybridized carbons (Fsp3) is 0.348. The summed E-state index contributed by atoms with van der Waals surface area (Å²) in [5.74, 6) is -0.820. The van der Waals surface area contributed by atoms with Gasteiger partial charge in [-0.15, -0.1) is 10.2 Å². The van der Waals surface area contributed by atoms with E-state index < -0.39 is 11.7 Å². The van der Waals surface area contributed by atoms with Gasteiger partial charge in [-0.3, -0.25) is 4.79 Å². The van der Waals surface area contributed by atoms with Crippen LogP contribution >= 0.6 is 11.6 Å². The third kappa shape index (κ3) is 4.98. The van der Waals surface area contributed by atoms with Crippen LogP contribution in [0.15, 0.2) is 30.3 Å². The first-order valence-corrected chi connectivity index (χ1v) is 11.2. The molecule has 2 heterocycles. The van der Waals surface area contributed by atoms with Crippen molar-refractivity contribution < 1.29 is 18.7 Å². The lowest BCUT2D eigenvalue weighted by molar-refractivity contribution is 0.0995.